The molecular weight excluding hydrogens is 278 g/mol. The van der Waals surface area contributed by atoms with Crippen LogP contribution < -0.4 is 4.74 Å². The lowest BCUT2D eigenvalue weighted by Crippen LogP contribution is -2.35. The average Bonchev–Trinajstić information content (AvgIpc) is 2.91. The molecule has 0 atom stereocenters. The Morgan fingerprint density at radius 2 is 2.14 bits per heavy atom. The maximum Gasteiger partial charge on any atom is 0.342 e. The van der Waals surface area contributed by atoms with Gasteiger partial charge in [-0.2, -0.15) is 0 Å². The lowest BCUT2D eigenvalue weighted by molar-refractivity contribution is -0.143. The van der Waals surface area contributed by atoms with E-state index in [-0.39, 0.29) is 23.0 Å². The second-order valence-corrected chi connectivity index (χ2v) is 4.48. The van der Waals surface area contributed by atoms with Gasteiger partial charge in [0.1, 0.15) is 5.56 Å². The van der Waals surface area contributed by atoms with Crippen molar-refractivity contribution in [1.82, 2.24) is 4.90 Å². The number of aromatic hydroxyl groups is 1. The smallest absolute Gasteiger partial charge is 0.342 e. The minimum Gasteiger partial charge on any atom is -0.504 e. The number of amides is 2. The molecule has 1 aliphatic rings. The molecule has 1 saturated heterocycles. The largest absolute Gasteiger partial charge is 0.504 e. The normalized spacial score (nSPS) is 14.1. The molecule has 0 unspecified atom stereocenters. The molecule has 1 aliphatic heterocycles. The molecule has 2 amide bonds. The summed E-state index contributed by atoms with van der Waals surface area (Å²) in [4.78, 5) is 36.0. The number of likely N-dealkylation sites (tertiary alicyclic amines) is 1. The first kappa shape index (κ1) is 14.8. The van der Waals surface area contributed by atoms with Gasteiger partial charge in [0.2, 0.25) is 5.91 Å². The van der Waals surface area contributed by atoms with Crippen molar-refractivity contribution >= 4 is 17.8 Å². The Bertz CT molecular complexity index is 583. The van der Waals surface area contributed by atoms with Crippen molar-refractivity contribution in [2.24, 2.45) is 0 Å². The monoisotopic (exact) mass is 293 g/mol. The van der Waals surface area contributed by atoms with Gasteiger partial charge in [0.25, 0.3) is 5.91 Å². The summed E-state index contributed by atoms with van der Waals surface area (Å²) in [7, 11) is 1.35. The fourth-order valence-electron chi connectivity index (χ4n) is 2.05. The Kier molecular flexibility index (Phi) is 4.42. The Morgan fingerprint density at radius 3 is 2.76 bits per heavy atom. The van der Waals surface area contributed by atoms with Crippen molar-refractivity contribution < 1.29 is 29.0 Å². The third-order valence-electron chi connectivity index (χ3n) is 3.14. The number of rotatable bonds is 4. The van der Waals surface area contributed by atoms with Gasteiger partial charge in [-0.3, -0.25) is 14.5 Å². The fourth-order valence-corrected chi connectivity index (χ4v) is 2.05. The Balaban J connectivity index is 1.99. The van der Waals surface area contributed by atoms with E-state index in [9.17, 15) is 19.5 Å². The number of phenolic OH excluding ortho intramolecular Hbond substituents is 1. The van der Waals surface area contributed by atoms with E-state index < -0.39 is 18.5 Å². The molecule has 0 spiro atoms. The summed E-state index contributed by atoms with van der Waals surface area (Å²) in [5.74, 6) is -1.90. The van der Waals surface area contributed by atoms with Crippen LogP contribution in [0.3, 0.4) is 0 Å². The van der Waals surface area contributed by atoms with Crippen LogP contribution in [0, 0.1) is 0 Å². The van der Waals surface area contributed by atoms with Gasteiger partial charge in [-0.15, -0.1) is 0 Å². The van der Waals surface area contributed by atoms with Crippen LogP contribution in [0.15, 0.2) is 18.2 Å². The maximum atomic E-state index is 11.8. The number of benzene rings is 1. The van der Waals surface area contributed by atoms with E-state index in [1.807, 2.05) is 0 Å². The van der Waals surface area contributed by atoms with Gasteiger partial charge in [-0.25, -0.2) is 4.79 Å². The summed E-state index contributed by atoms with van der Waals surface area (Å²) >= 11 is 0. The fraction of sp³-hybridized carbons (Fsp3) is 0.357. The number of hydrogen-bond acceptors (Lipinski definition) is 6. The Hall–Kier alpha value is -2.57. The average molecular weight is 293 g/mol. The van der Waals surface area contributed by atoms with Gasteiger partial charge in [-0.1, -0.05) is 6.07 Å². The topological polar surface area (TPSA) is 93.1 Å². The molecule has 0 aliphatic carbocycles. The van der Waals surface area contributed by atoms with Crippen LogP contribution in [0.2, 0.25) is 0 Å². The minimum atomic E-state index is -0.855. The second-order valence-electron chi connectivity index (χ2n) is 4.48. The quantitative estimate of drug-likeness (QED) is 0.822. The van der Waals surface area contributed by atoms with Gasteiger partial charge in [0.05, 0.1) is 7.11 Å². The molecule has 1 aromatic carbocycles. The molecule has 112 valence electrons. The number of hydrogen-bond donors (Lipinski definition) is 1. The molecule has 21 heavy (non-hydrogen) atoms. The Morgan fingerprint density at radius 1 is 1.38 bits per heavy atom. The van der Waals surface area contributed by atoms with Crippen LogP contribution in [0.5, 0.6) is 11.5 Å². The zero-order valence-electron chi connectivity index (χ0n) is 11.5. The van der Waals surface area contributed by atoms with Crippen molar-refractivity contribution in [3.05, 3.63) is 23.8 Å². The number of phenols is 1. The van der Waals surface area contributed by atoms with Gasteiger partial charge >= 0.3 is 5.97 Å². The van der Waals surface area contributed by atoms with Crippen LogP contribution in [0.4, 0.5) is 0 Å². The van der Waals surface area contributed by atoms with Gasteiger partial charge in [-0.05, 0) is 18.6 Å². The summed E-state index contributed by atoms with van der Waals surface area (Å²) in [6, 6.07) is 4.35. The van der Waals surface area contributed by atoms with Crippen LogP contribution in [-0.2, 0) is 14.3 Å². The molecule has 0 bridgehead atoms. The summed E-state index contributed by atoms with van der Waals surface area (Å²) in [6.45, 7) is -0.194. The van der Waals surface area contributed by atoms with E-state index in [2.05, 4.69) is 0 Å². The summed E-state index contributed by atoms with van der Waals surface area (Å²) in [5.41, 5.74) is -0.102. The zero-order chi connectivity index (χ0) is 15.4. The second kappa shape index (κ2) is 6.25. The van der Waals surface area contributed by atoms with Crippen molar-refractivity contribution in [3.63, 3.8) is 0 Å². The Labute approximate surface area is 121 Å². The highest BCUT2D eigenvalue weighted by molar-refractivity contribution is 5.99. The molecule has 7 heteroatoms. The third-order valence-corrected chi connectivity index (χ3v) is 3.14. The first-order chi connectivity index (χ1) is 10.0. The number of methoxy groups -OCH3 is 1. The predicted molar refractivity (Wildman–Crippen MR) is 70.9 cm³/mol. The molecule has 1 fully saturated rings. The predicted octanol–water partition coefficient (Wildman–Crippen LogP) is 0.707. The van der Waals surface area contributed by atoms with Crippen LogP contribution >= 0.6 is 0 Å². The number of esters is 1. The third kappa shape index (κ3) is 3.13. The van der Waals surface area contributed by atoms with E-state index in [1.54, 1.807) is 0 Å². The molecule has 2 rings (SSSR count). The van der Waals surface area contributed by atoms with Crippen LogP contribution in [0.25, 0.3) is 0 Å². The molecule has 0 radical (unpaired) electrons. The summed E-state index contributed by atoms with van der Waals surface area (Å²) < 4.78 is 9.71. The molecular formula is C14H15NO6. The highest BCUT2D eigenvalue weighted by Gasteiger charge is 2.27. The van der Waals surface area contributed by atoms with E-state index >= 15 is 0 Å². The number of carbonyl (C=O) groups excluding carboxylic acids is 3. The van der Waals surface area contributed by atoms with Crippen LogP contribution in [-0.4, -0.2) is 48.1 Å². The maximum absolute atomic E-state index is 11.8. The van der Waals surface area contributed by atoms with E-state index in [0.717, 1.165) is 4.90 Å². The van der Waals surface area contributed by atoms with E-state index in [1.165, 1.54) is 25.3 Å². The van der Waals surface area contributed by atoms with Gasteiger partial charge in [0, 0.05) is 13.0 Å². The van der Waals surface area contributed by atoms with Crippen molar-refractivity contribution in [1.29, 1.82) is 0 Å². The molecule has 1 aromatic rings. The van der Waals surface area contributed by atoms with Crippen molar-refractivity contribution in [2.75, 3.05) is 20.3 Å². The first-order valence-electron chi connectivity index (χ1n) is 6.41. The molecule has 7 nitrogen and oxygen atoms in total. The number of imide groups is 1. The summed E-state index contributed by atoms with van der Waals surface area (Å²) in [6.07, 6.45) is 0.950. The van der Waals surface area contributed by atoms with Crippen molar-refractivity contribution in [2.45, 2.75) is 12.8 Å². The van der Waals surface area contributed by atoms with E-state index in [0.29, 0.717) is 19.4 Å². The molecule has 1 heterocycles. The van der Waals surface area contributed by atoms with E-state index in [4.69, 9.17) is 9.47 Å². The standard InChI is InChI=1S/C14H15NO6/c1-20-10-5-2-4-9(13(10)18)14(19)21-8-12(17)15-7-3-6-11(15)16/h2,4-5,18H,3,6-8H2,1H3. The number of ether oxygens (including phenoxy) is 2. The molecule has 0 aromatic heterocycles. The van der Waals surface area contributed by atoms with Gasteiger partial charge in [0.15, 0.2) is 18.1 Å². The molecule has 0 saturated carbocycles. The van der Waals surface area contributed by atoms with Crippen LogP contribution in [0.1, 0.15) is 23.2 Å². The number of carbonyl (C=O) groups is 3. The highest BCUT2D eigenvalue weighted by atomic mass is 16.5. The minimum absolute atomic E-state index is 0.102. The zero-order valence-corrected chi connectivity index (χ0v) is 11.5. The van der Waals surface area contributed by atoms with Gasteiger partial charge < -0.3 is 14.6 Å². The first-order valence-corrected chi connectivity index (χ1v) is 6.41. The summed E-state index contributed by atoms with van der Waals surface area (Å²) in [5, 5.41) is 9.80. The number of nitrogens with zero attached hydrogens (tertiary/aromatic N) is 1. The lowest BCUT2D eigenvalue weighted by Gasteiger charge is -2.13. The lowest BCUT2D eigenvalue weighted by atomic mass is 10.2. The van der Waals surface area contributed by atoms with Crippen molar-refractivity contribution in [3.8, 4) is 11.5 Å². The molecule has 1 N–H and O–H groups in total. The number of para-hydroxylation sites is 1. The SMILES string of the molecule is COc1cccc(C(=O)OCC(=O)N2CCCC2=O)c1O. The highest BCUT2D eigenvalue weighted by Crippen LogP contribution is 2.29.